The largest absolute Gasteiger partial charge is 0.294 e. The van der Waals surface area contributed by atoms with Crippen LogP contribution in [0.15, 0.2) is 35.1 Å². The zero-order valence-corrected chi connectivity index (χ0v) is 11.4. The topological polar surface area (TPSA) is 37.8 Å². The molecule has 0 saturated heterocycles. The Labute approximate surface area is 107 Å². The van der Waals surface area contributed by atoms with Gasteiger partial charge in [-0.05, 0) is 32.8 Å². The highest BCUT2D eigenvalue weighted by Crippen LogP contribution is 2.22. The number of nitrogens with one attached hydrogen (secondary N) is 1. The van der Waals surface area contributed by atoms with Crippen LogP contribution in [-0.4, -0.2) is 9.78 Å². The maximum absolute atomic E-state index is 12.4. The molecular formula is C15H20N2O. The third-order valence-electron chi connectivity index (χ3n) is 3.07. The molecule has 0 aliphatic carbocycles. The molecule has 0 unspecified atom stereocenters. The molecule has 0 saturated carbocycles. The lowest BCUT2D eigenvalue weighted by Crippen LogP contribution is -2.33. The summed E-state index contributed by atoms with van der Waals surface area (Å²) < 4.78 is 1.72. The Morgan fingerprint density at radius 1 is 1.17 bits per heavy atom. The first-order valence-corrected chi connectivity index (χ1v) is 6.35. The molecule has 0 atom stereocenters. The van der Waals surface area contributed by atoms with Crippen LogP contribution in [0.3, 0.4) is 0 Å². The van der Waals surface area contributed by atoms with Crippen LogP contribution in [0.1, 0.15) is 33.3 Å². The molecule has 1 N–H and O–H groups in total. The van der Waals surface area contributed by atoms with E-state index in [1.54, 1.807) is 4.68 Å². The number of hydrogen-bond acceptors (Lipinski definition) is 1. The van der Waals surface area contributed by atoms with Gasteiger partial charge in [-0.15, -0.1) is 0 Å². The summed E-state index contributed by atoms with van der Waals surface area (Å²) in [5, 5.41) is 3.26. The van der Waals surface area contributed by atoms with Crippen molar-refractivity contribution in [1.29, 1.82) is 0 Å². The minimum atomic E-state index is -0.228. The van der Waals surface area contributed by atoms with E-state index in [9.17, 15) is 4.79 Å². The fourth-order valence-corrected chi connectivity index (χ4v) is 2.12. The molecule has 1 aromatic carbocycles. The second-order valence-electron chi connectivity index (χ2n) is 5.50. The van der Waals surface area contributed by atoms with Gasteiger partial charge >= 0.3 is 0 Å². The Balaban J connectivity index is 2.67. The lowest BCUT2D eigenvalue weighted by atomic mass is 10.1. The van der Waals surface area contributed by atoms with Gasteiger partial charge in [-0.1, -0.05) is 37.3 Å². The van der Waals surface area contributed by atoms with Gasteiger partial charge in [0.1, 0.15) is 0 Å². The molecule has 0 aliphatic rings. The summed E-state index contributed by atoms with van der Waals surface area (Å²) in [6, 6.07) is 10.0. The van der Waals surface area contributed by atoms with E-state index in [-0.39, 0.29) is 11.1 Å². The number of aromatic amines is 1. The van der Waals surface area contributed by atoms with Crippen molar-refractivity contribution in [2.45, 2.75) is 39.7 Å². The van der Waals surface area contributed by atoms with Gasteiger partial charge in [-0.2, -0.15) is 0 Å². The summed E-state index contributed by atoms with van der Waals surface area (Å²) in [5.41, 5.74) is 2.72. The zero-order valence-electron chi connectivity index (χ0n) is 11.4. The van der Waals surface area contributed by atoms with Gasteiger partial charge in [0.25, 0.3) is 5.56 Å². The maximum Gasteiger partial charge on any atom is 0.270 e. The van der Waals surface area contributed by atoms with Crippen LogP contribution >= 0.6 is 0 Å². The normalized spacial score (nSPS) is 11.8. The summed E-state index contributed by atoms with van der Waals surface area (Å²) in [4.78, 5) is 12.4. The van der Waals surface area contributed by atoms with Crippen LogP contribution in [0, 0.1) is 0 Å². The monoisotopic (exact) mass is 244 g/mol. The lowest BCUT2D eigenvalue weighted by Gasteiger charge is -2.19. The molecule has 1 aromatic heterocycles. The van der Waals surface area contributed by atoms with Gasteiger partial charge < -0.3 is 0 Å². The van der Waals surface area contributed by atoms with Crippen molar-refractivity contribution >= 4 is 0 Å². The molecule has 0 radical (unpaired) electrons. The molecule has 0 amide bonds. The van der Waals surface area contributed by atoms with E-state index in [4.69, 9.17) is 0 Å². The molecule has 96 valence electrons. The molecular weight excluding hydrogens is 224 g/mol. The summed E-state index contributed by atoms with van der Waals surface area (Å²) in [6.07, 6.45) is 0.739. The van der Waals surface area contributed by atoms with E-state index in [0.29, 0.717) is 0 Å². The van der Waals surface area contributed by atoms with Crippen molar-refractivity contribution in [2.24, 2.45) is 0 Å². The van der Waals surface area contributed by atoms with Crippen LogP contribution in [0.25, 0.3) is 11.3 Å². The Kier molecular flexibility index (Phi) is 3.16. The molecule has 0 bridgehead atoms. The van der Waals surface area contributed by atoms with Crippen molar-refractivity contribution in [1.82, 2.24) is 9.78 Å². The van der Waals surface area contributed by atoms with Gasteiger partial charge in [-0.3, -0.25) is 9.89 Å². The molecule has 0 fully saturated rings. The number of H-pyrrole nitrogens is 1. The SMILES string of the molecule is CCc1c(-c2ccccc2)[nH]n(C(C)(C)C)c1=O. The predicted molar refractivity (Wildman–Crippen MR) is 74.9 cm³/mol. The Morgan fingerprint density at radius 2 is 1.78 bits per heavy atom. The minimum absolute atomic E-state index is 0.0869. The van der Waals surface area contributed by atoms with E-state index in [1.165, 1.54) is 0 Å². The predicted octanol–water partition coefficient (Wildman–Crippen LogP) is 3.16. The van der Waals surface area contributed by atoms with Gasteiger partial charge in [-0.25, -0.2) is 4.68 Å². The van der Waals surface area contributed by atoms with Crippen molar-refractivity contribution in [3.8, 4) is 11.3 Å². The van der Waals surface area contributed by atoms with Crippen LogP contribution in [0.2, 0.25) is 0 Å². The Bertz CT molecular complexity index is 585. The van der Waals surface area contributed by atoms with Gasteiger partial charge in [0.2, 0.25) is 0 Å². The molecule has 2 rings (SSSR count). The van der Waals surface area contributed by atoms with Gasteiger partial charge in [0.05, 0.1) is 11.2 Å². The van der Waals surface area contributed by atoms with Crippen molar-refractivity contribution in [3.05, 3.63) is 46.2 Å². The number of rotatable bonds is 2. The molecule has 18 heavy (non-hydrogen) atoms. The quantitative estimate of drug-likeness (QED) is 0.865. The van der Waals surface area contributed by atoms with Crippen molar-refractivity contribution in [2.75, 3.05) is 0 Å². The second-order valence-corrected chi connectivity index (χ2v) is 5.50. The fourth-order valence-electron chi connectivity index (χ4n) is 2.12. The van der Waals surface area contributed by atoms with Crippen LogP contribution in [-0.2, 0) is 12.0 Å². The van der Waals surface area contributed by atoms with Crippen LogP contribution in [0.4, 0.5) is 0 Å². The summed E-state index contributed by atoms with van der Waals surface area (Å²) >= 11 is 0. The minimum Gasteiger partial charge on any atom is -0.294 e. The third-order valence-corrected chi connectivity index (χ3v) is 3.07. The lowest BCUT2D eigenvalue weighted by molar-refractivity contribution is 0.346. The average molecular weight is 244 g/mol. The first-order chi connectivity index (χ1) is 8.45. The molecule has 2 aromatic rings. The van der Waals surface area contributed by atoms with E-state index >= 15 is 0 Å². The first kappa shape index (κ1) is 12.7. The maximum atomic E-state index is 12.4. The highest BCUT2D eigenvalue weighted by Gasteiger charge is 2.21. The van der Waals surface area contributed by atoms with Crippen molar-refractivity contribution in [3.63, 3.8) is 0 Å². The average Bonchev–Trinajstić information content (AvgIpc) is 2.67. The molecule has 1 heterocycles. The zero-order chi connectivity index (χ0) is 13.3. The summed E-state index contributed by atoms with van der Waals surface area (Å²) in [7, 11) is 0. The smallest absolute Gasteiger partial charge is 0.270 e. The second kappa shape index (κ2) is 4.48. The summed E-state index contributed by atoms with van der Waals surface area (Å²) in [6.45, 7) is 8.10. The van der Waals surface area contributed by atoms with Gasteiger partial charge in [0, 0.05) is 5.56 Å². The van der Waals surface area contributed by atoms with Crippen LogP contribution in [0.5, 0.6) is 0 Å². The van der Waals surface area contributed by atoms with E-state index in [2.05, 4.69) is 5.10 Å². The number of benzene rings is 1. The summed E-state index contributed by atoms with van der Waals surface area (Å²) in [5.74, 6) is 0. The molecule has 3 nitrogen and oxygen atoms in total. The first-order valence-electron chi connectivity index (χ1n) is 6.35. The highest BCUT2D eigenvalue weighted by molar-refractivity contribution is 5.62. The van der Waals surface area contributed by atoms with Crippen molar-refractivity contribution < 1.29 is 0 Å². The standard InChI is InChI=1S/C15H20N2O/c1-5-12-13(11-9-7-6-8-10-11)16-17(14(12)18)15(2,3)4/h6-10,16H,5H2,1-4H3. The van der Waals surface area contributed by atoms with E-state index in [1.807, 2.05) is 58.0 Å². The molecule has 0 aliphatic heterocycles. The van der Waals surface area contributed by atoms with E-state index < -0.39 is 0 Å². The van der Waals surface area contributed by atoms with Crippen LogP contribution < -0.4 is 5.56 Å². The number of aromatic nitrogens is 2. The third kappa shape index (κ3) is 2.13. The Hall–Kier alpha value is -1.77. The van der Waals surface area contributed by atoms with Gasteiger partial charge in [0.15, 0.2) is 0 Å². The number of hydrogen-bond donors (Lipinski definition) is 1. The fraction of sp³-hybridized carbons (Fsp3) is 0.400. The molecule has 3 heteroatoms. The number of nitrogens with zero attached hydrogens (tertiary/aromatic N) is 1. The highest BCUT2D eigenvalue weighted by atomic mass is 16.1. The Morgan fingerprint density at radius 3 is 2.28 bits per heavy atom. The molecule has 0 spiro atoms. The van der Waals surface area contributed by atoms with E-state index in [0.717, 1.165) is 23.2 Å².